The highest BCUT2D eigenvalue weighted by atomic mass is 16.2. The maximum atomic E-state index is 12.7. The molecule has 1 saturated heterocycles. The molecule has 5 rings (SSSR count). The first-order valence-corrected chi connectivity index (χ1v) is 9.53. The Morgan fingerprint density at radius 3 is 1.95 bits per heavy atom. The summed E-state index contributed by atoms with van der Waals surface area (Å²) < 4.78 is 0. The van der Waals surface area contributed by atoms with Crippen LogP contribution in [0.25, 0.3) is 0 Å². The molecule has 4 aliphatic carbocycles. The van der Waals surface area contributed by atoms with Crippen LogP contribution in [0.1, 0.15) is 58.8 Å². The first-order valence-electron chi connectivity index (χ1n) is 9.53. The van der Waals surface area contributed by atoms with E-state index in [9.17, 15) is 4.79 Å². The smallest absolute Gasteiger partial charge is 0.234 e. The molecule has 22 heavy (non-hydrogen) atoms. The van der Waals surface area contributed by atoms with Gasteiger partial charge < -0.3 is 5.32 Å². The maximum Gasteiger partial charge on any atom is 0.234 e. The average molecular weight is 304 g/mol. The third-order valence-corrected chi connectivity index (χ3v) is 6.75. The highest BCUT2D eigenvalue weighted by Gasteiger charge is 2.51. The number of likely N-dealkylation sites (tertiary alicyclic amines) is 1. The van der Waals surface area contributed by atoms with Gasteiger partial charge in [-0.3, -0.25) is 9.69 Å². The summed E-state index contributed by atoms with van der Waals surface area (Å²) >= 11 is 0. The molecule has 2 atom stereocenters. The zero-order chi connectivity index (χ0) is 15.3. The standard InChI is InChI=1S/C19H32N2O/c1-13-3-14(2)11-21(10-13)12-18(22)20-19-7-15-4-16(8-19)6-17(5-15)9-19/h13-17H,3-12H2,1-2H3,(H,20,22)/t13-,14-,15?,16?,17?,19?/m1/s1. The van der Waals surface area contributed by atoms with Gasteiger partial charge in [0.05, 0.1) is 6.54 Å². The van der Waals surface area contributed by atoms with E-state index in [-0.39, 0.29) is 5.54 Å². The van der Waals surface area contributed by atoms with Crippen molar-refractivity contribution in [3.8, 4) is 0 Å². The second-order valence-corrected chi connectivity index (χ2v) is 9.39. The minimum Gasteiger partial charge on any atom is -0.350 e. The van der Waals surface area contributed by atoms with Crippen molar-refractivity contribution < 1.29 is 4.79 Å². The summed E-state index contributed by atoms with van der Waals surface area (Å²) in [5.74, 6) is 4.47. The monoisotopic (exact) mass is 304 g/mol. The lowest BCUT2D eigenvalue weighted by Gasteiger charge is -2.57. The Morgan fingerprint density at radius 2 is 1.45 bits per heavy atom. The second kappa shape index (κ2) is 5.51. The van der Waals surface area contributed by atoms with Crippen LogP contribution in [0, 0.1) is 29.6 Å². The summed E-state index contributed by atoms with van der Waals surface area (Å²) in [7, 11) is 0. The molecule has 4 saturated carbocycles. The van der Waals surface area contributed by atoms with Crippen LogP contribution in [0.2, 0.25) is 0 Å². The Morgan fingerprint density at radius 1 is 0.955 bits per heavy atom. The van der Waals surface area contributed by atoms with Gasteiger partial charge in [0.15, 0.2) is 0 Å². The Labute approximate surface area is 135 Å². The van der Waals surface area contributed by atoms with Crippen LogP contribution in [-0.4, -0.2) is 36.0 Å². The van der Waals surface area contributed by atoms with Crippen LogP contribution >= 0.6 is 0 Å². The quantitative estimate of drug-likeness (QED) is 0.869. The van der Waals surface area contributed by atoms with Crippen LogP contribution in [0.3, 0.4) is 0 Å². The summed E-state index contributed by atoms with van der Waals surface area (Å²) in [5.41, 5.74) is 0.179. The number of nitrogens with one attached hydrogen (secondary N) is 1. The number of nitrogens with zero attached hydrogens (tertiary/aromatic N) is 1. The fourth-order valence-electron chi connectivity index (χ4n) is 6.72. The number of rotatable bonds is 3. The fraction of sp³-hybridized carbons (Fsp3) is 0.947. The molecule has 0 radical (unpaired) electrons. The first kappa shape index (κ1) is 15.0. The van der Waals surface area contributed by atoms with E-state index >= 15 is 0 Å². The number of hydrogen-bond acceptors (Lipinski definition) is 2. The van der Waals surface area contributed by atoms with Crippen molar-refractivity contribution in [2.75, 3.05) is 19.6 Å². The SMILES string of the molecule is C[C@@H]1C[C@@H](C)CN(CC(=O)NC23CC4CC(CC(C4)C2)C3)C1. The third kappa shape index (κ3) is 2.93. The van der Waals surface area contributed by atoms with Gasteiger partial charge in [-0.2, -0.15) is 0 Å². The van der Waals surface area contributed by atoms with Gasteiger partial charge in [-0.1, -0.05) is 13.8 Å². The summed E-state index contributed by atoms with van der Waals surface area (Å²) in [5, 5.41) is 3.52. The van der Waals surface area contributed by atoms with E-state index in [0.717, 1.165) is 42.7 Å². The van der Waals surface area contributed by atoms with Gasteiger partial charge >= 0.3 is 0 Å². The molecular formula is C19H32N2O. The van der Waals surface area contributed by atoms with Crippen LogP contribution in [0.15, 0.2) is 0 Å². The van der Waals surface area contributed by atoms with Gasteiger partial charge in [-0.05, 0) is 74.5 Å². The third-order valence-electron chi connectivity index (χ3n) is 6.75. The van der Waals surface area contributed by atoms with Crippen molar-refractivity contribution in [3.63, 3.8) is 0 Å². The Balaban J connectivity index is 1.36. The fourth-order valence-corrected chi connectivity index (χ4v) is 6.72. The maximum absolute atomic E-state index is 12.7. The lowest BCUT2D eigenvalue weighted by atomic mass is 9.53. The van der Waals surface area contributed by atoms with Gasteiger partial charge in [0.25, 0.3) is 0 Å². The minimum absolute atomic E-state index is 0.179. The van der Waals surface area contributed by atoms with E-state index in [1.54, 1.807) is 0 Å². The molecule has 5 fully saturated rings. The Bertz CT molecular complexity index is 401. The molecule has 3 nitrogen and oxygen atoms in total. The molecule has 124 valence electrons. The first-order chi connectivity index (χ1) is 10.5. The highest BCUT2D eigenvalue weighted by Crippen LogP contribution is 2.55. The van der Waals surface area contributed by atoms with E-state index in [1.165, 1.54) is 44.9 Å². The zero-order valence-electron chi connectivity index (χ0n) is 14.3. The van der Waals surface area contributed by atoms with Crippen molar-refractivity contribution in [1.82, 2.24) is 10.2 Å². The normalized spacial score (nSPS) is 47.6. The molecule has 0 spiro atoms. The number of carbonyl (C=O) groups excluding carboxylic acids is 1. The topological polar surface area (TPSA) is 32.3 Å². The number of amides is 1. The largest absolute Gasteiger partial charge is 0.350 e. The Kier molecular flexibility index (Phi) is 3.75. The van der Waals surface area contributed by atoms with Gasteiger partial charge in [-0.15, -0.1) is 0 Å². The van der Waals surface area contributed by atoms with E-state index in [1.807, 2.05) is 0 Å². The van der Waals surface area contributed by atoms with Crippen LogP contribution in [-0.2, 0) is 4.79 Å². The van der Waals surface area contributed by atoms with Crippen LogP contribution in [0.5, 0.6) is 0 Å². The van der Waals surface area contributed by atoms with Crippen molar-refractivity contribution in [3.05, 3.63) is 0 Å². The molecule has 1 amide bonds. The summed E-state index contributed by atoms with van der Waals surface area (Å²) in [6.45, 7) is 7.45. The number of hydrogen-bond donors (Lipinski definition) is 1. The summed E-state index contributed by atoms with van der Waals surface area (Å²) in [6, 6.07) is 0. The second-order valence-electron chi connectivity index (χ2n) is 9.39. The molecule has 0 unspecified atom stereocenters. The molecule has 3 heteroatoms. The molecule has 5 aliphatic rings. The zero-order valence-corrected chi connectivity index (χ0v) is 14.3. The number of piperidine rings is 1. The summed E-state index contributed by atoms with van der Waals surface area (Å²) in [6.07, 6.45) is 9.42. The lowest BCUT2D eigenvalue weighted by Crippen LogP contribution is -2.61. The molecule has 1 heterocycles. The molecule has 0 aromatic carbocycles. The van der Waals surface area contributed by atoms with E-state index in [2.05, 4.69) is 24.1 Å². The molecule has 0 aromatic rings. The van der Waals surface area contributed by atoms with Crippen molar-refractivity contribution in [2.24, 2.45) is 29.6 Å². The van der Waals surface area contributed by atoms with Crippen LogP contribution in [0.4, 0.5) is 0 Å². The number of carbonyl (C=O) groups is 1. The molecule has 1 aliphatic heterocycles. The molecular weight excluding hydrogens is 272 g/mol. The molecule has 4 bridgehead atoms. The van der Waals surface area contributed by atoms with Gasteiger partial charge in [0.2, 0.25) is 5.91 Å². The van der Waals surface area contributed by atoms with Crippen LogP contribution < -0.4 is 5.32 Å². The van der Waals surface area contributed by atoms with Gasteiger partial charge in [0.1, 0.15) is 0 Å². The van der Waals surface area contributed by atoms with Crippen molar-refractivity contribution in [1.29, 1.82) is 0 Å². The average Bonchev–Trinajstić information content (AvgIpc) is 2.33. The molecule has 0 aromatic heterocycles. The predicted octanol–water partition coefficient (Wildman–Crippen LogP) is 3.05. The van der Waals surface area contributed by atoms with E-state index in [4.69, 9.17) is 0 Å². The van der Waals surface area contributed by atoms with Gasteiger partial charge in [0, 0.05) is 18.6 Å². The van der Waals surface area contributed by atoms with E-state index < -0.39 is 0 Å². The highest BCUT2D eigenvalue weighted by molar-refractivity contribution is 5.79. The summed E-state index contributed by atoms with van der Waals surface area (Å²) in [4.78, 5) is 15.0. The Hall–Kier alpha value is -0.570. The van der Waals surface area contributed by atoms with Crippen molar-refractivity contribution >= 4 is 5.91 Å². The van der Waals surface area contributed by atoms with Gasteiger partial charge in [-0.25, -0.2) is 0 Å². The van der Waals surface area contributed by atoms with Crippen molar-refractivity contribution in [2.45, 2.75) is 64.3 Å². The van der Waals surface area contributed by atoms with E-state index in [0.29, 0.717) is 12.5 Å². The predicted molar refractivity (Wildman–Crippen MR) is 88.4 cm³/mol. The molecule has 1 N–H and O–H groups in total. The lowest BCUT2D eigenvalue weighted by molar-refractivity contribution is -0.128. The minimum atomic E-state index is 0.179.